The van der Waals surface area contributed by atoms with Gasteiger partial charge in [-0.3, -0.25) is 0 Å². The van der Waals surface area contributed by atoms with Crippen molar-refractivity contribution in [2.45, 2.75) is 13.0 Å². The molecule has 0 spiro atoms. The van der Waals surface area contributed by atoms with E-state index in [1.54, 1.807) is 0 Å². The van der Waals surface area contributed by atoms with E-state index in [4.69, 9.17) is 10.2 Å². The van der Waals surface area contributed by atoms with Crippen LogP contribution in [-0.4, -0.2) is 41.8 Å². The summed E-state index contributed by atoms with van der Waals surface area (Å²) in [6.45, 7) is 1.39. The summed E-state index contributed by atoms with van der Waals surface area (Å²) in [5.41, 5.74) is 0. The van der Waals surface area contributed by atoms with E-state index in [-0.39, 0.29) is 25.5 Å². The Kier molecular flexibility index (Phi) is 8.94. The van der Waals surface area contributed by atoms with Gasteiger partial charge in [-0.25, -0.2) is 0 Å². The summed E-state index contributed by atoms with van der Waals surface area (Å²) >= 11 is 0. The van der Waals surface area contributed by atoms with Crippen molar-refractivity contribution in [3.8, 4) is 0 Å². The van der Waals surface area contributed by atoms with Crippen LogP contribution in [0.15, 0.2) is 0 Å². The van der Waals surface area contributed by atoms with E-state index in [1.807, 2.05) is 0 Å². The SMILES string of the molecule is CC(O)CO.[Li]. The van der Waals surface area contributed by atoms with E-state index >= 15 is 0 Å². The average Bonchev–Trinajstić information content (AvgIpc) is 1.38. The number of rotatable bonds is 1. The topological polar surface area (TPSA) is 40.5 Å². The zero-order valence-electron chi connectivity index (χ0n) is 4.18. The molecule has 0 aliphatic heterocycles. The number of hydrogen-bond acceptors (Lipinski definition) is 2. The molecule has 0 heterocycles. The second kappa shape index (κ2) is 5.52. The number of hydrogen-bond donors (Lipinski definition) is 2. The molecule has 0 aliphatic carbocycles. The molecule has 1 unspecified atom stereocenters. The van der Waals surface area contributed by atoms with Gasteiger partial charge in [0.05, 0.1) is 12.7 Å². The molecule has 0 aromatic heterocycles. The van der Waals surface area contributed by atoms with Crippen LogP contribution in [0.1, 0.15) is 6.92 Å². The van der Waals surface area contributed by atoms with Crippen molar-refractivity contribution < 1.29 is 10.2 Å². The van der Waals surface area contributed by atoms with Gasteiger partial charge in [-0.05, 0) is 6.92 Å². The summed E-state index contributed by atoms with van der Waals surface area (Å²) in [7, 11) is 0. The van der Waals surface area contributed by atoms with Crippen LogP contribution in [-0.2, 0) is 0 Å². The van der Waals surface area contributed by atoms with E-state index in [0.29, 0.717) is 0 Å². The number of aliphatic hydroxyl groups is 2. The van der Waals surface area contributed by atoms with Gasteiger partial charge in [0.25, 0.3) is 0 Å². The van der Waals surface area contributed by atoms with Crippen LogP contribution < -0.4 is 0 Å². The van der Waals surface area contributed by atoms with E-state index in [9.17, 15) is 0 Å². The summed E-state index contributed by atoms with van der Waals surface area (Å²) in [6, 6.07) is 0. The van der Waals surface area contributed by atoms with Crippen molar-refractivity contribution >= 4 is 18.9 Å². The minimum absolute atomic E-state index is 0. The molecule has 3 heteroatoms. The molecule has 6 heavy (non-hydrogen) atoms. The van der Waals surface area contributed by atoms with Crippen LogP contribution >= 0.6 is 0 Å². The molecule has 1 radical (unpaired) electrons. The Labute approximate surface area is 49.4 Å². The molecule has 2 N–H and O–H groups in total. The largest absolute Gasteiger partial charge is 0.394 e. The molecule has 0 saturated heterocycles. The molecular weight excluding hydrogens is 75.0 g/mol. The average molecular weight is 83.0 g/mol. The van der Waals surface area contributed by atoms with Crippen molar-refractivity contribution in [3.05, 3.63) is 0 Å². The van der Waals surface area contributed by atoms with Crippen molar-refractivity contribution in [1.82, 2.24) is 0 Å². The molecule has 0 bridgehead atoms. The zero-order chi connectivity index (χ0) is 4.28. The van der Waals surface area contributed by atoms with Gasteiger partial charge in [0.2, 0.25) is 0 Å². The molecule has 0 aromatic carbocycles. The van der Waals surface area contributed by atoms with E-state index in [0.717, 1.165) is 0 Å². The van der Waals surface area contributed by atoms with Crippen molar-refractivity contribution in [1.29, 1.82) is 0 Å². The van der Waals surface area contributed by atoms with Gasteiger partial charge in [0, 0.05) is 18.9 Å². The monoisotopic (exact) mass is 83.1 g/mol. The van der Waals surface area contributed by atoms with Crippen LogP contribution in [0.25, 0.3) is 0 Å². The molecular formula is C3H8LiO2. The Morgan fingerprint density at radius 2 is 1.83 bits per heavy atom. The third kappa shape index (κ3) is 8.82. The Hall–Kier alpha value is 0.517. The van der Waals surface area contributed by atoms with E-state index < -0.39 is 6.10 Å². The van der Waals surface area contributed by atoms with Crippen LogP contribution in [0.5, 0.6) is 0 Å². The fourth-order valence-corrected chi connectivity index (χ4v) is 0. The summed E-state index contributed by atoms with van der Waals surface area (Å²) in [5.74, 6) is 0. The quantitative estimate of drug-likeness (QED) is 0.398. The first kappa shape index (κ1) is 9.72. The fourth-order valence-electron chi connectivity index (χ4n) is 0. The third-order valence-corrected chi connectivity index (χ3v) is 0.264. The van der Waals surface area contributed by atoms with Crippen LogP contribution in [0.2, 0.25) is 0 Å². The normalized spacial score (nSPS) is 12.5. The molecule has 0 fully saturated rings. The number of aliphatic hydroxyl groups excluding tert-OH is 2. The molecule has 33 valence electrons. The Balaban J connectivity index is 0. The predicted octanol–water partition coefficient (Wildman–Crippen LogP) is -1.02. The first-order chi connectivity index (χ1) is 2.27. The van der Waals surface area contributed by atoms with Gasteiger partial charge in [-0.15, -0.1) is 0 Å². The maximum atomic E-state index is 8.11. The van der Waals surface area contributed by atoms with Crippen LogP contribution in [0.3, 0.4) is 0 Å². The standard InChI is InChI=1S/C3H8O2.Li/c1-3(5)2-4;/h3-5H,2H2,1H3;. The first-order valence-electron chi connectivity index (χ1n) is 1.56. The third-order valence-electron chi connectivity index (χ3n) is 0.264. The smallest absolute Gasteiger partial charge is 0.0742 e. The summed E-state index contributed by atoms with van der Waals surface area (Å²) in [4.78, 5) is 0. The van der Waals surface area contributed by atoms with Gasteiger partial charge < -0.3 is 10.2 Å². The molecule has 0 aromatic rings. The second-order valence-electron chi connectivity index (χ2n) is 1.03. The summed E-state index contributed by atoms with van der Waals surface area (Å²) in [6.07, 6.45) is -0.560. The fraction of sp³-hybridized carbons (Fsp3) is 1.00. The Bertz CT molecular complexity index is 22.8. The van der Waals surface area contributed by atoms with Crippen molar-refractivity contribution in [2.24, 2.45) is 0 Å². The second-order valence-corrected chi connectivity index (χ2v) is 1.03. The molecule has 0 rings (SSSR count). The first-order valence-corrected chi connectivity index (χ1v) is 1.56. The molecule has 0 saturated carbocycles. The van der Waals surface area contributed by atoms with Gasteiger partial charge in [-0.2, -0.15) is 0 Å². The van der Waals surface area contributed by atoms with Gasteiger partial charge in [0.1, 0.15) is 0 Å². The van der Waals surface area contributed by atoms with E-state index in [1.165, 1.54) is 6.92 Å². The van der Waals surface area contributed by atoms with E-state index in [2.05, 4.69) is 0 Å². The predicted molar refractivity (Wildman–Crippen MR) is 24.5 cm³/mol. The summed E-state index contributed by atoms with van der Waals surface area (Å²) < 4.78 is 0. The van der Waals surface area contributed by atoms with Gasteiger partial charge >= 0.3 is 0 Å². The Morgan fingerprint density at radius 3 is 1.83 bits per heavy atom. The van der Waals surface area contributed by atoms with Crippen molar-refractivity contribution in [3.63, 3.8) is 0 Å². The minimum atomic E-state index is -0.560. The maximum absolute atomic E-state index is 8.11. The van der Waals surface area contributed by atoms with Gasteiger partial charge in [0.15, 0.2) is 0 Å². The van der Waals surface area contributed by atoms with Crippen LogP contribution in [0.4, 0.5) is 0 Å². The molecule has 2 nitrogen and oxygen atoms in total. The molecule has 1 atom stereocenters. The Morgan fingerprint density at radius 1 is 1.67 bits per heavy atom. The zero-order valence-corrected chi connectivity index (χ0v) is 4.18. The molecule has 0 amide bonds. The molecule has 0 aliphatic rings. The van der Waals surface area contributed by atoms with Gasteiger partial charge in [-0.1, -0.05) is 0 Å². The van der Waals surface area contributed by atoms with Crippen LogP contribution in [0, 0.1) is 0 Å². The summed E-state index contributed by atoms with van der Waals surface area (Å²) in [5, 5.41) is 16.0. The van der Waals surface area contributed by atoms with Crippen molar-refractivity contribution in [2.75, 3.05) is 6.61 Å². The maximum Gasteiger partial charge on any atom is 0.0742 e. The minimum Gasteiger partial charge on any atom is -0.394 e.